The Morgan fingerprint density at radius 2 is 0.597 bits per heavy atom. The van der Waals surface area contributed by atoms with Gasteiger partial charge in [0.1, 0.15) is 0 Å². The van der Waals surface area contributed by atoms with Crippen LogP contribution >= 0.6 is 0 Å². The molecule has 0 heteroatoms. The van der Waals surface area contributed by atoms with E-state index in [0.29, 0.717) is 0 Å². The van der Waals surface area contributed by atoms with E-state index in [0.717, 1.165) is 0 Å². The standard InChI is InChI=1S/C62H40/c1-3-17-43(18-4-1)48-28-15-29-54-53(37-36-49(61(48)54)44-19-5-2-6-20-44)52-38-39-59(51-23-10-9-22-50(51)52)62-57-26-13-11-24-55(57)60(56-25-12-14-27-58(56)62)45-33-30-42(31-34-45)47-35-32-41-16-7-8-21-46(41)40-47/h1-40H. The van der Waals surface area contributed by atoms with E-state index in [1.165, 1.54) is 121 Å². The lowest BCUT2D eigenvalue weighted by Gasteiger charge is -2.21. The van der Waals surface area contributed by atoms with Gasteiger partial charge in [-0.05, 0) is 127 Å². The van der Waals surface area contributed by atoms with Crippen LogP contribution in [-0.4, -0.2) is 0 Å². The second kappa shape index (κ2) is 14.9. The molecule has 0 fully saturated rings. The van der Waals surface area contributed by atoms with Gasteiger partial charge in [0.15, 0.2) is 0 Å². The van der Waals surface area contributed by atoms with Crippen molar-refractivity contribution in [1.82, 2.24) is 0 Å². The lowest BCUT2D eigenvalue weighted by molar-refractivity contribution is 1.61. The maximum Gasteiger partial charge on any atom is -0.00201 e. The van der Waals surface area contributed by atoms with Gasteiger partial charge in [-0.15, -0.1) is 0 Å². The normalized spacial score (nSPS) is 11.5. The van der Waals surface area contributed by atoms with Crippen molar-refractivity contribution in [2.24, 2.45) is 0 Å². The molecule has 0 heterocycles. The van der Waals surface area contributed by atoms with Crippen molar-refractivity contribution in [3.63, 3.8) is 0 Å². The van der Waals surface area contributed by atoms with E-state index in [-0.39, 0.29) is 0 Å². The van der Waals surface area contributed by atoms with Crippen molar-refractivity contribution in [3.05, 3.63) is 243 Å². The summed E-state index contributed by atoms with van der Waals surface area (Å²) in [5, 5.41) is 12.5. The first-order valence-corrected chi connectivity index (χ1v) is 21.5. The second-order valence-corrected chi connectivity index (χ2v) is 16.3. The Balaban J connectivity index is 1.05. The molecule has 0 aromatic heterocycles. The van der Waals surface area contributed by atoms with E-state index < -0.39 is 0 Å². The van der Waals surface area contributed by atoms with Gasteiger partial charge in [0, 0.05) is 0 Å². The molecule has 0 aliphatic heterocycles. The Hall–Kier alpha value is -8.06. The predicted octanol–water partition coefficient (Wildman–Crippen LogP) is 17.5. The van der Waals surface area contributed by atoms with Gasteiger partial charge in [0.05, 0.1) is 0 Å². The van der Waals surface area contributed by atoms with Gasteiger partial charge >= 0.3 is 0 Å². The van der Waals surface area contributed by atoms with E-state index >= 15 is 0 Å². The quantitative estimate of drug-likeness (QED) is 0.147. The SMILES string of the molecule is c1ccc(-c2cccc3c(-c4ccc(-c5c6ccccc6c(-c6ccc(-c7ccc8ccccc8c7)cc6)c6ccccc56)c5ccccc45)ccc(-c4ccccc4)c23)cc1. The van der Waals surface area contributed by atoms with Gasteiger partial charge in [-0.1, -0.05) is 237 Å². The molecule has 0 unspecified atom stereocenters. The van der Waals surface area contributed by atoms with Crippen LogP contribution in [0, 0.1) is 0 Å². The highest BCUT2D eigenvalue weighted by Crippen LogP contribution is 2.48. The summed E-state index contributed by atoms with van der Waals surface area (Å²) in [6.45, 7) is 0. The van der Waals surface area contributed by atoms with E-state index in [1.807, 2.05) is 0 Å². The molecule has 62 heavy (non-hydrogen) atoms. The Morgan fingerprint density at radius 3 is 1.23 bits per heavy atom. The summed E-state index contributed by atoms with van der Waals surface area (Å²) in [6.07, 6.45) is 0. The van der Waals surface area contributed by atoms with Gasteiger partial charge < -0.3 is 0 Å². The highest BCUT2D eigenvalue weighted by atomic mass is 14.2. The largest absolute Gasteiger partial charge is 0.0622 e. The minimum Gasteiger partial charge on any atom is -0.0622 e. The average Bonchev–Trinajstić information content (AvgIpc) is 3.35. The lowest BCUT2D eigenvalue weighted by atomic mass is 9.82. The summed E-state index contributed by atoms with van der Waals surface area (Å²) < 4.78 is 0. The first-order chi connectivity index (χ1) is 30.8. The third-order valence-corrected chi connectivity index (χ3v) is 12.9. The van der Waals surface area contributed by atoms with Crippen LogP contribution in [0.1, 0.15) is 0 Å². The highest BCUT2D eigenvalue weighted by molar-refractivity contribution is 6.25. The zero-order valence-corrected chi connectivity index (χ0v) is 34.1. The Bertz CT molecular complexity index is 3550. The van der Waals surface area contributed by atoms with Crippen LogP contribution in [0.3, 0.4) is 0 Å². The molecule has 0 bridgehead atoms. The minimum atomic E-state index is 1.22. The van der Waals surface area contributed by atoms with Crippen LogP contribution in [0.5, 0.6) is 0 Å². The molecule has 0 amide bonds. The first-order valence-electron chi connectivity index (χ1n) is 21.5. The summed E-state index contributed by atoms with van der Waals surface area (Å²) >= 11 is 0. The van der Waals surface area contributed by atoms with Crippen molar-refractivity contribution in [1.29, 1.82) is 0 Å². The minimum absolute atomic E-state index is 1.22. The van der Waals surface area contributed by atoms with Crippen LogP contribution in [0.15, 0.2) is 243 Å². The van der Waals surface area contributed by atoms with Gasteiger partial charge in [-0.25, -0.2) is 0 Å². The Labute approximate surface area is 361 Å². The van der Waals surface area contributed by atoms with E-state index in [1.54, 1.807) is 0 Å². The van der Waals surface area contributed by atoms with Crippen molar-refractivity contribution in [2.45, 2.75) is 0 Å². The third kappa shape index (κ3) is 5.92. The number of hydrogen-bond acceptors (Lipinski definition) is 0. The van der Waals surface area contributed by atoms with E-state index in [9.17, 15) is 0 Å². The van der Waals surface area contributed by atoms with E-state index in [4.69, 9.17) is 0 Å². The fourth-order valence-electron chi connectivity index (χ4n) is 10.0. The zero-order valence-electron chi connectivity index (χ0n) is 34.1. The zero-order chi connectivity index (χ0) is 41.0. The van der Waals surface area contributed by atoms with Crippen molar-refractivity contribution in [2.75, 3.05) is 0 Å². The van der Waals surface area contributed by atoms with Crippen LogP contribution in [0.4, 0.5) is 0 Å². The molecule has 0 atom stereocenters. The fourth-order valence-corrected chi connectivity index (χ4v) is 10.0. The van der Waals surface area contributed by atoms with Crippen LogP contribution in [-0.2, 0) is 0 Å². The number of benzene rings is 12. The molecular formula is C62H40. The fraction of sp³-hybridized carbons (Fsp3) is 0. The highest BCUT2D eigenvalue weighted by Gasteiger charge is 2.21. The average molecular weight is 785 g/mol. The summed E-state index contributed by atoms with van der Waals surface area (Å²) in [5.74, 6) is 0. The van der Waals surface area contributed by atoms with Crippen LogP contribution in [0.2, 0.25) is 0 Å². The van der Waals surface area contributed by atoms with Crippen molar-refractivity contribution in [3.8, 4) is 66.8 Å². The molecule has 0 aliphatic rings. The summed E-state index contributed by atoms with van der Waals surface area (Å²) in [6, 6.07) is 89.3. The molecule has 0 spiro atoms. The molecule has 12 aromatic carbocycles. The Kier molecular flexibility index (Phi) is 8.61. The van der Waals surface area contributed by atoms with Crippen molar-refractivity contribution < 1.29 is 0 Å². The lowest BCUT2D eigenvalue weighted by Crippen LogP contribution is -1.93. The monoisotopic (exact) mass is 784 g/mol. The van der Waals surface area contributed by atoms with Crippen molar-refractivity contribution >= 4 is 53.9 Å². The topological polar surface area (TPSA) is 0 Å². The molecule has 0 radical (unpaired) electrons. The predicted molar refractivity (Wildman–Crippen MR) is 267 cm³/mol. The van der Waals surface area contributed by atoms with Crippen LogP contribution in [0.25, 0.3) is 121 Å². The molecular weight excluding hydrogens is 745 g/mol. The summed E-state index contributed by atoms with van der Waals surface area (Å²) in [5.41, 5.74) is 14.8. The van der Waals surface area contributed by atoms with Crippen LogP contribution < -0.4 is 0 Å². The second-order valence-electron chi connectivity index (χ2n) is 16.3. The first kappa shape index (κ1) is 35.8. The molecule has 0 aliphatic carbocycles. The molecule has 0 nitrogen and oxygen atoms in total. The van der Waals surface area contributed by atoms with Gasteiger partial charge in [-0.3, -0.25) is 0 Å². The smallest absolute Gasteiger partial charge is 0.00201 e. The summed E-state index contributed by atoms with van der Waals surface area (Å²) in [4.78, 5) is 0. The maximum absolute atomic E-state index is 2.38. The molecule has 0 saturated heterocycles. The number of rotatable bonds is 6. The molecule has 0 N–H and O–H groups in total. The molecule has 0 saturated carbocycles. The molecule has 288 valence electrons. The van der Waals surface area contributed by atoms with Gasteiger partial charge in [0.2, 0.25) is 0 Å². The van der Waals surface area contributed by atoms with Gasteiger partial charge in [-0.2, -0.15) is 0 Å². The number of fused-ring (bicyclic) bond motifs is 5. The summed E-state index contributed by atoms with van der Waals surface area (Å²) in [7, 11) is 0. The third-order valence-electron chi connectivity index (χ3n) is 12.9. The van der Waals surface area contributed by atoms with E-state index in [2.05, 4.69) is 243 Å². The maximum atomic E-state index is 2.38. The van der Waals surface area contributed by atoms with Gasteiger partial charge in [0.25, 0.3) is 0 Å². The number of hydrogen-bond donors (Lipinski definition) is 0. The molecule has 12 aromatic rings. The Morgan fingerprint density at radius 1 is 0.177 bits per heavy atom. The molecule has 12 rings (SSSR count).